The van der Waals surface area contributed by atoms with Crippen LogP contribution in [0.4, 0.5) is 21.8 Å². The van der Waals surface area contributed by atoms with E-state index in [9.17, 15) is 9.18 Å². The molecule has 9 nitrogen and oxygen atoms in total. The molecule has 0 aromatic carbocycles. The molecule has 0 unspecified atom stereocenters. The van der Waals surface area contributed by atoms with Crippen molar-refractivity contribution in [3.05, 3.63) is 53.5 Å². The first-order valence-electron chi connectivity index (χ1n) is 10.1. The second-order valence-corrected chi connectivity index (χ2v) is 8.01. The van der Waals surface area contributed by atoms with Crippen LogP contribution in [-0.2, 0) is 17.9 Å². The molecule has 0 bridgehead atoms. The highest BCUT2D eigenvalue weighted by molar-refractivity contribution is 6.03. The summed E-state index contributed by atoms with van der Waals surface area (Å²) in [5.74, 6) is 0.789. The number of hydrogen-bond acceptors (Lipinski definition) is 7. The molecule has 1 atom stereocenters. The standard InChI is InChI=1S/C21H25FN8O/c1-12(2)18-20(31)27-17-13(3)26-21(28-19(17)29(18)4)24-8-15-9-25-30(11-15)10-14-5-6-16(22)23-7-14/h5-7,9,11-12,18H,8,10H2,1-4H3,(H,27,31)(H,24,26,28)/t18-/m0/s1. The Balaban J connectivity index is 1.46. The van der Waals surface area contributed by atoms with Gasteiger partial charge in [0.2, 0.25) is 17.8 Å². The minimum absolute atomic E-state index is 0.0406. The summed E-state index contributed by atoms with van der Waals surface area (Å²) in [6.07, 6.45) is 5.16. The summed E-state index contributed by atoms with van der Waals surface area (Å²) in [5, 5.41) is 10.5. The van der Waals surface area contributed by atoms with Gasteiger partial charge < -0.3 is 15.5 Å². The molecule has 4 heterocycles. The molecular weight excluding hydrogens is 399 g/mol. The van der Waals surface area contributed by atoms with Crippen LogP contribution in [0.15, 0.2) is 30.7 Å². The number of likely N-dealkylation sites (N-methyl/N-ethyl adjacent to an activating group) is 1. The average Bonchev–Trinajstić information content (AvgIpc) is 3.16. The monoisotopic (exact) mass is 424 g/mol. The van der Waals surface area contributed by atoms with E-state index in [0.29, 0.717) is 36.2 Å². The maximum Gasteiger partial charge on any atom is 0.247 e. The predicted molar refractivity (Wildman–Crippen MR) is 115 cm³/mol. The van der Waals surface area contributed by atoms with E-state index >= 15 is 0 Å². The SMILES string of the molecule is Cc1nc(NCc2cnn(Cc3ccc(F)nc3)c2)nc2c1NC(=O)[C@H](C(C)C)N2C. The van der Waals surface area contributed by atoms with Crippen LogP contribution in [0.25, 0.3) is 0 Å². The molecule has 0 spiro atoms. The Bertz CT molecular complexity index is 1100. The normalized spacial score (nSPS) is 15.7. The van der Waals surface area contributed by atoms with Gasteiger partial charge in [-0.1, -0.05) is 19.9 Å². The molecule has 31 heavy (non-hydrogen) atoms. The minimum Gasteiger partial charge on any atom is -0.350 e. The van der Waals surface area contributed by atoms with Crippen LogP contribution < -0.4 is 15.5 Å². The van der Waals surface area contributed by atoms with Crippen molar-refractivity contribution < 1.29 is 9.18 Å². The number of hydrogen-bond donors (Lipinski definition) is 2. The van der Waals surface area contributed by atoms with E-state index in [0.717, 1.165) is 11.1 Å². The summed E-state index contributed by atoms with van der Waals surface area (Å²) < 4.78 is 14.7. The van der Waals surface area contributed by atoms with Crippen LogP contribution in [0, 0.1) is 18.8 Å². The molecule has 0 saturated carbocycles. The topological polar surface area (TPSA) is 101 Å². The maximum atomic E-state index is 13.0. The van der Waals surface area contributed by atoms with Gasteiger partial charge in [-0.25, -0.2) is 9.97 Å². The van der Waals surface area contributed by atoms with Gasteiger partial charge in [-0.3, -0.25) is 9.48 Å². The van der Waals surface area contributed by atoms with Crippen molar-refractivity contribution >= 4 is 23.4 Å². The van der Waals surface area contributed by atoms with Crippen LogP contribution >= 0.6 is 0 Å². The molecule has 1 aliphatic rings. The predicted octanol–water partition coefficient (Wildman–Crippen LogP) is 2.59. The fourth-order valence-corrected chi connectivity index (χ4v) is 3.75. The Labute approximate surface area is 179 Å². The van der Waals surface area contributed by atoms with Gasteiger partial charge in [-0.05, 0) is 24.5 Å². The molecule has 3 aromatic rings. The van der Waals surface area contributed by atoms with E-state index in [1.54, 1.807) is 16.9 Å². The second-order valence-electron chi connectivity index (χ2n) is 8.01. The molecule has 10 heteroatoms. The van der Waals surface area contributed by atoms with Gasteiger partial charge in [0, 0.05) is 31.5 Å². The number of aromatic nitrogens is 5. The smallest absolute Gasteiger partial charge is 0.247 e. The van der Waals surface area contributed by atoms with Crippen molar-refractivity contribution in [1.29, 1.82) is 0 Å². The van der Waals surface area contributed by atoms with Crippen molar-refractivity contribution in [2.24, 2.45) is 5.92 Å². The molecule has 0 saturated heterocycles. The van der Waals surface area contributed by atoms with Crippen molar-refractivity contribution in [3.63, 3.8) is 0 Å². The van der Waals surface area contributed by atoms with Gasteiger partial charge in [0.1, 0.15) is 11.7 Å². The Morgan fingerprint density at radius 3 is 2.74 bits per heavy atom. The van der Waals surface area contributed by atoms with Crippen LogP contribution in [0.2, 0.25) is 0 Å². The lowest BCUT2D eigenvalue weighted by Gasteiger charge is -2.36. The molecular formula is C21H25FN8O. The fraction of sp³-hybridized carbons (Fsp3) is 0.381. The third-order valence-corrected chi connectivity index (χ3v) is 5.24. The first-order valence-corrected chi connectivity index (χ1v) is 10.1. The molecule has 0 fully saturated rings. The zero-order chi connectivity index (χ0) is 22.1. The van der Waals surface area contributed by atoms with Crippen LogP contribution in [0.1, 0.15) is 30.7 Å². The molecule has 2 N–H and O–H groups in total. The quantitative estimate of drug-likeness (QED) is 0.587. The number of nitrogens with one attached hydrogen (secondary N) is 2. The molecule has 1 aliphatic heterocycles. The lowest BCUT2D eigenvalue weighted by Crippen LogP contribution is -2.49. The van der Waals surface area contributed by atoms with E-state index in [2.05, 4.69) is 30.7 Å². The Hall–Kier alpha value is -3.56. The summed E-state index contributed by atoms with van der Waals surface area (Å²) in [4.78, 5) is 27.1. The van der Waals surface area contributed by atoms with Gasteiger partial charge in [0.25, 0.3) is 0 Å². The number of nitrogens with zero attached hydrogens (tertiary/aromatic N) is 6. The van der Waals surface area contributed by atoms with Gasteiger partial charge in [0.15, 0.2) is 5.82 Å². The minimum atomic E-state index is -0.501. The maximum absolute atomic E-state index is 13.0. The molecule has 0 aliphatic carbocycles. The summed E-state index contributed by atoms with van der Waals surface area (Å²) >= 11 is 0. The number of carbonyl (C=O) groups excluding carboxylic acids is 1. The first kappa shape index (κ1) is 20.7. The number of pyridine rings is 1. The number of fused-ring (bicyclic) bond motifs is 1. The van der Waals surface area contributed by atoms with Crippen molar-refractivity contribution in [2.45, 2.75) is 39.9 Å². The van der Waals surface area contributed by atoms with Crippen LogP contribution in [-0.4, -0.2) is 43.7 Å². The Morgan fingerprint density at radius 1 is 1.23 bits per heavy atom. The summed E-state index contributed by atoms with van der Waals surface area (Å²) in [6.45, 7) is 6.87. The van der Waals surface area contributed by atoms with E-state index < -0.39 is 5.95 Å². The average molecular weight is 424 g/mol. The number of rotatable bonds is 6. The van der Waals surface area contributed by atoms with Gasteiger partial charge >= 0.3 is 0 Å². The summed E-state index contributed by atoms with van der Waals surface area (Å²) in [7, 11) is 1.88. The number of halogens is 1. The third kappa shape index (κ3) is 4.32. The Kier molecular flexibility index (Phi) is 5.53. The van der Waals surface area contributed by atoms with Crippen LogP contribution in [0.3, 0.4) is 0 Å². The zero-order valence-corrected chi connectivity index (χ0v) is 17.9. The van der Waals surface area contributed by atoms with Crippen molar-refractivity contribution in [3.8, 4) is 0 Å². The fourth-order valence-electron chi connectivity index (χ4n) is 3.75. The van der Waals surface area contributed by atoms with E-state index in [1.165, 1.54) is 12.3 Å². The first-order chi connectivity index (χ1) is 14.8. The highest BCUT2D eigenvalue weighted by atomic mass is 19.1. The lowest BCUT2D eigenvalue weighted by molar-refractivity contribution is -0.118. The van der Waals surface area contributed by atoms with Crippen molar-refractivity contribution in [1.82, 2.24) is 24.7 Å². The van der Waals surface area contributed by atoms with Crippen molar-refractivity contribution in [2.75, 3.05) is 22.6 Å². The number of amides is 1. The van der Waals surface area contributed by atoms with E-state index in [1.807, 2.05) is 38.9 Å². The molecule has 4 rings (SSSR count). The van der Waals surface area contributed by atoms with E-state index in [4.69, 9.17) is 0 Å². The largest absolute Gasteiger partial charge is 0.350 e. The van der Waals surface area contributed by atoms with Gasteiger partial charge in [-0.15, -0.1) is 0 Å². The van der Waals surface area contributed by atoms with E-state index in [-0.39, 0.29) is 17.9 Å². The molecule has 0 radical (unpaired) electrons. The van der Waals surface area contributed by atoms with Crippen LogP contribution in [0.5, 0.6) is 0 Å². The zero-order valence-electron chi connectivity index (χ0n) is 17.9. The van der Waals surface area contributed by atoms with Gasteiger partial charge in [-0.2, -0.15) is 14.5 Å². The second kappa shape index (κ2) is 8.29. The molecule has 3 aromatic heterocycles. The van der Waals surface area contributed by atoms with Gasteiger partial charge in [0.05, 0.1) is 18.4 Å². The number of carbonyl (C=O) groups is 1. The molecule has 162 valence electrons. The number of anilines is 3. The third-order valence-electron chi connectivity index (χ3n) is 5.24. The highest BCUT2D eigenvalue weighted by Crippen LogP contribution is 2.34. The number of aryl methyl sites for hydroxylation is 1. The summed E-state index contributed by atoms with van der Waals surface area (Å²) in [6, 6.07) is 2.74. The lowest BCUT2D eigenvalue weighted by atomic mass is 9.99. The Morgan fingerprint density at radius 2 is 2.03 bits per heavy atom. The summed E-state index contributed by atoms with van der Waals surface area (Å²) in [5.41, 5.74) is 3.17. The highest BCUT2D eigenvalue weighted by Gasteiger charge is 2.35. The molecule has 1 amide bonds.